The van der Waals surface area contributed by atoms with Crippen molar-refractivity contribution in [2.75, 3.05) is 11.9 Å². The summed E-state index contributed by atoms with van der Waals surface area (Å²) in [6.45, 7) is 3.76. The number of halogens is 2. The van der Waals surface area contributed by atoms with Gasteiger partial charge in [-0.05, 0) is 38.1 Å². The minimum atomic E-state index is -0.607. The number of aromatic nitrogens is 2. The van der Waals surface area contributed by atoms with E-state index in [2.05, 4.69) is 15.3 Å². The first-order valence-electron chi connectivity index (χ1n) is 7.65. The van der Waals surface area contributed by atoms with Gasteiger partial charge in [-0.15, -0.1) is 0 Å². The van der Waals surface area contributed by atoms with E-state index in [1.165, 1.54) is 18.3 Å². The number of nitrogens with zero attached hydrogens (tertiary/aromatic N) is 2. The summed E-state index contributed by atoms with van der Waals surface area (Å²) in [5, 5.41) is 3.50. The first-order chi connectivity index (χ1) is 12.0. The molecule has 0 aliphatic rings. The molecule has 5 nitrogen and oxygen atoms in total. The molecule has 0 saturated carbocycles. The molecule has 0 radical (unpaired) electrons. The maximum Gasteiger partial charge on any atom is 0.341 e. The highest BCUT2D eigenvalue weighted by molar-refractivity contribution is 6.31. The van der Waals surface area contributed by atoms with E-state index in [4.69, 9.17) is 16.3 Å². The van der Waals surface area contributed by atoms with Gasteiger partial charge in [0, 0.05) is 17.3 Å². The van der Waals surface area contributed by atoms with Crippen LogP contribution in [0.5, 0.6) is 0 Å². The summed E-state index contributed by atoms with van der Waals surface area (Å²) in [6.07, 6.45) is 1.37. The third-order valence-electron chi connectivity index (χ3n) is 3.58. The van der Waals surface area contributed by atoms with Gasteiger partial charge in [0.15, 0.2) is 11.5 Å². The van der Waals surface area contributed by atoms with Gasteiger partial charge in [0.25, 0.3) is 0 Å². The fourth-order valence-electron chi connectivity index (χ4n) is 2.41. The number of hydrogen-bond acceptors (Lipinski definition) is 5. The molecule has 0 fully saturated rings. The number of nitrogens with one attached hydrogen (secondary N) is 1. The Morgan fingerprint density at radius 1 is 1.32 bits per heavy atom. The molecule has 0 aliphatic carbocycles. The zero-order valence-corrected chi connectivity index (χ0v) is 14.4. The van der Waals surface area contributed by atoms with E-state index in [-0.39, 0.29) is 22.9 Å². The number of carbonyl (C=O) groups excluding carboxylic acids is 1. The summed E-state index contributed by atoms with van der Waals surface area (Å²) in [6, 6.07) is 8.16. The summed E-state index contributed by atoms with van der Waals surface area (Å²) in [5.41, 5.74) is 1.93. The first kappa shape index (κ1) is 17.1. The van der Waals surface area contributed by atoms with Crippen LogP contribution in [0.2, 0.25) is 5.02 Å². The number of anilines is 2. The number of carbonyl (C=O) groups is 1. The fraction of sp³-hybridized carbons (Fsp3) is 0.167. The van der Waals surface area contributed by atoms with Crippen molar-refractivity contribution in [1.29, 1.82) is 0 Å². The van der Waals surface area contributed by atoms with Gasteiger partial charge in [-0.1, -0.05) is 17.7 Å². The minimum absolute atomic E-state index is 0.0185. The number of benzene rings is 1. The molecule has 0 spiro atoms. The molecule has 3 rings (SSSR count). The van der Waals surface area contributed by atoms with Crippen LogP contribution in [-0.2, 0) is 4.74 Å². The summed E-state index contributed by atoms with van der Waals surface area (Å²) >= 11 is 5.84. The van der Waals surface area contributed by atoms with Crippen LogP contribution in [0.15, 0.2) is 36.5 Å². The molecule has 0 amide bonds. The Morgan fingerprint density at radius 2 is 2.12 bits per heavy atom. The highest BCUT2D eigenvalue weighted by atomic mass is 35.5. The molecule has 0 aliphatic heterocycles. The van der Waals surface area contributed by atoms with Gasteiger partial charge in [0.05, 0.1) is 23.0 Å². The van der Waals surface area contributed by atoms with E-state index in [0.29, 0.717) is 16.7 Å². The third-order valence-corrected chi connectivity index (χ3v) is 3.87. The Bertz CT molecular complexity index is 962. The molecule has 0 unspecified atom stereocenters. The standard InChI is InChI=1S/C18H15ClFN3O2/c1-3-25-18(24)12-9-21-17-11(8-7-10(2)22-17)16(12)23-14-6-4-5-13(19)15(14)20/h4-9H,3H2,1-2H3,(H,21,22,23). The Labute approximate surface area is 148 Å². The molecule has 0 bridgehead atoms. The zero-order chi connectivity index (χ0) is 18.0. The number of pyridine rings is 2. The monoisotopic (exact) mass is 359 g/mol. The van der Waals surface area contributed by atoms with Gasteiger partial charge in [-0.3, -0.25) is 0 Å². The molecule has 7 heteroatoms. The zero-order valence-electron chi connectivity index (χ0n) is 13.6. The van der Waals surface area contributed by atoms with E-state index in [9.17, 15) is 9.18 Å². The molecule has 128 valence electrons. The van der Waals surface area contributed by atoms with Crippen molar-refractivity contribution in [3.8, 4) is 0 Å². The SMILES string of the molecule is CCOC(=O)c1cnc2nc(C)ccc2c1Nc1cccc(Cl)c1F. The summed E-state index contributed by atoms with van der Waals surface area (Å²) in [5.74, 6) is -1.16. The number of hydrogen-bond donors (Lipinski definition) is 1. The van der Waals surface area contributed by atoms with Crippen LogP contribution in [-0.4, -0.2) is 22.5 Å². The average Bonchev–Trinajstić information content (AvgIpc) is 2.59. The summed E-state index contributed by atoms with van der Waals surface area (Å²) < 4.78 is 19.4. The predicted molar refractivity (Wildman–Crippen MR) is 94.9 cm³/mol. The van der Waals surface area contributed by atoms with E-state index in [1.807, 2.05) is 6.92 Å². The molecule has 3 aromatic rings. The van der Waals surface area contributed by atoms with Crippen molar-refractivity contribution < 1.29 is 13.9 Å². The largest absolute Gasteiger partial charge is 0.462 e. The van der Waals surface area contributed by atoms with Crippen LogP contribution in [0.4, 0.5) is 15.8 Å². The van der Waals surface area contributed by atoms with Crippen molar-refractivity contribution in [1.82, 2.24) is 9.97 Å². The quantitative estimate of drug-likeness (QED) is 0.687. The number of fused-ring (bicyclic) bond motifs is 1. The molecule has 1 aromatic carbocycles. The molecule has 2 heterocycles. The van der Waals surface area contributed by atoms with Crippen molar-refractivity contribution in [3.05, 3.63) is 58.6 Å². The van der Waals surface area contributed by atoms with Gasteiger partial charge in [0.2, 0.25) is 0 Å². The highest BCUT2D eigenvalue weighted by Crippen LogP contribution is 2.31. The van der Waals surface area contributed by atoms with Gasteiger partial charge < -0.3 is 10.1 Å². The van der Waals surface area contributed by atoms with Crippen LogP contribution in [0.3, 0.4) is 0 Å². The lowest BCUT2D eigenvalue weighted by molar-refractivity contribution is 0.0527. The number of aryl methyl sites for hydroxylation is 1. The van der Waals surface area contributed by atoms with E-state index in [1.54, 1.807) is 25.1 Å². The van der Waals surface area contributed by atoms with Gasteiger partial charge in [-0.25, -0.2) is 19.2 Å². The Balaban J connectivity index is 2.20. The van der Waals surface area contributed by atoms with Crippen molar-refractivity contribution in [2.45, 2.75) is 13.8 Å². The maximum absolute atomic E-state index is 14.3. The summed E-state index contributed by atoms with van der Waals surface area (Å²) in [4.78, 5) is 20.8. The molecule has 0 saturated heterocycles. The van der Waals surface area contributed by atoms with Crippen molar-refractivity contribution >= 4 is 40.0 Å². The highest BCUT2D eigenvalue weighted by Gasteiger charge is 2.19. The first-order valence-corrected chi connectivity index (χ1v) is 8.03. The lowest BCUT2D eigenvalue weighted by Crippen LogP contribution is -2.10. The normalized spacial score (nSPS) is 10.7. The second-order valence-corrected chi connectivity index (χ2v) is 5.72. The Kier molecular flexibility index (Phi) is 4.81. The number of rotatable bonds is 4. The molecule has 2 aromatic heterocycles. The summed E-state index contributed by atoms with van der Waals surface area (Å²) in [7, 11) is 0. The van der Waals surface area contributed by atoms with E-state index >= 15 is 0 Å². The van der Waals surface area contributed by atoms with Gasteiger partial charge in [-0.2, -0.15) is 0 Å². The molecule has 25 heavy (non-hydrogen) atoms. The maximum atomic E-state index is 14.3. The molecule has 1 N–H and O–H groups in total. The van der Waals surface area contributed by atoms with Crippen molar-refractivity contribution in [3.63, 3.8) is 0 Å². The lowest BCUT2D eigenvalue weighted by Gasteiger charge is -2.14. The van der Waals surface area contributed by atoms with Crippen LogP contribution >= 0.6 is 11.6 Å². The molecule has 0 atom stereocenters. The molecular weight excluding hydrogens is 345 g/mol. The lowest BCUT2D eigenvalue weighted by atomic mass is 10.1. The Morgan fingerprint density at radius 3 is 2.88 bits per heavy atom. The number of esters is 1. The molecular formula is C18H15ClFN3O2. The van der Waals surface area contributed by atoms with Crippen LogP contribution in [0.25, 0.3) is 11.0 Å². The Hall–Kier alpha value is -2.73. The topological polar surface area (TPSA) is 64.1 Å². The van der Waals surface area contributed by atoms with Gasteiger partial charge in [0.1, 0.15) is 5.56 Å². The second-order valence-electron chi connectivity index (χ2n) is 5.32. The van der Waals surface area contributed by atoms with E-state index < -0.39 is 11.8 Å². The smallest absolute Gasteiger partial charge is 0.341 e. The van der Waals surface area contributed by atoms with Gasteiger partial charge >= 0.3 is 5.97 Å². The number of ether oxygens (including phenoxy) is 1. The predicted octanol–water partition coefficient (Wildman–Crippen LogP) is 4.65. The van der Waals surface area contributed by atoms with Crippen LogP contribution in [0.1, 0.15) is 23.0 Å². The third kappa shape index (κ3) is 3.39. The minimum Gasteiger partial charge on any atom is -0.462 e. The van der Waals surface area contributed by atoms with Crippen LogP contribution < -0.4 is 5.32 Å². The van der Waals surface area contributed by atoms with Crippen LogP contribution in [0, 0.1) is 12.7 Å². The van der Waals surface area contributed by atoms with Crippen molar-refractivity contribution in [2.24, 2.45) is 0 Å². The average molecular weight is 360 g/mol. The van der Waals surface area contributed by atoms with E-state index in [0.717, 1.165) is 5.69 Å². The second kappa shape index (κ2) is 7.03. The fourth-order valence-corrected chi connectivity index (χ4v) is 2.58.